The summed E-state index contributed by atoms with van der Waals surface area (Å²) in [6, 6.07) is 5.20. The van der Waals surface area contributed by atoms with Crippen LogP contribution in [0.5, 0.6) is 17.4 Å². The molecular weight excluding hydrogens is 234 g/mol. The largest absolute Gasteiger partial charge is 0.487 e. The maximum absolute atomic E-state index is 11.5. The standard InChI is InChI=1S/C12H13N3O3/c1-7-5-8(13)3-4-9(7)18-12-10(17-2)11(16)14-6-15-12/h3-6H,13H2,1-2H3,(H,14,15,16). The number of benzene rings is 1. The third-order valence-electron chi connectivity index (χ3n) is 2.39. The van der Waals surface area contributed by atoms with E-state index in [1.54, 1.807) is 18.2 Å². The summed E-state index contributed by atoms with van der Waals surface area (Å²) in [4.78, 5) is 17.8. The Labute approximate surface area is 103 Å². The van der Waals surface area contributed by atoms with Crippen LogP contribution in [-0.2, 0) is 0 Å². The Kier molecular flexibility index (Phi) is 3.18. The van der Waals surface area contributed by atoms with Gasteiger partial charge in [-0.15, -0.1) is 0 Å². The Bertz CT molecular complexity index is 622. The normalized spacial score (nSPS) is 10.1. The van der Waals surface area contributed by atoms with Crippen molar-refractivity contribution in [2.24, 2.45) is 0 Å². The average molecular weight is 247 g/mol. The van der Waals surface area contributed by atoms with E-state index < -0.39 is 5.56 Å². The number of nitrogens with one attached hydrogen (secondary N) is 1. The van der Waals surface area contributed by atoms with Crippen LogP contribution in [0.2, 0.25) is 0 Å². The molecule has 0 saturated carbocycles. The van der Waals surface area contributed by atoms with E-state index in [1.165, 1.54) is 13.4 Å². The fourth-order valence-electron chi connectivity index (χ4n) is 1.51. The van der Waals surface area contributed by atoms with E-state index in [-0.39, 0.29) is 11.6 Å². The van der Waals surface area contributed by atoms with E-state index in [0.29, 0.717) is 11.4 Å². The van der Waals surface area contributed by atoms with Gasteiger partial charge in [-0.25, -0.2) is 4.98 Å². The number of ether oxygens (including phenoxy) is 2. The van der Waals surface area contributed by atoms with Gasteiger partial charge in [-0.05, 0) is 30.7 Å². The first-order valence-corrected chi connectivity index (χ1v) is 5.27. The van der Waals surface area contributed by atoms with Gasteiger partial charge >= 0.3 is 0 Å². The van der Waals surface area contributed by atoms with Crippen molar-refractivity contribution in [1.29, 1.82) is 0 Å². The number of rotatable bonds is 3. The molecule has 6 heteroatoms. The second-order valence-corrected chi connectivity index (χ2v) is 3.70. The van der Waals surface area contributed by atoms with E-state index >= 15 is 0 Å². The molecule has 0 atom stereocenters. The third-order valence-corrected chi connectivity index (χ3v) is 2.39. The van der Waals surface area contributed by atoms with Crippen molar-refractivity contribution in [3.63, 3.8) is 0 Å². The molecule has 2 aromatic rings. The zero-order valence-electron chi connectivity index (χ0n) is 10.1. The number of H-pyrrole nitrogens is 1. The van der Waals surface area contributed by atoms with Gasteiger partial charge in [0, 0.05) is 5.69 Å². The number of nitrogens with zero attached hydrogens (tertiary/aromatic N) is 1. The van der Waals surface area contributed by atoms with Gasteiger partial charge in [-0.1, -0.05) is 0 Å². The zero-order chi connectivity index (χ0) is 13.1. The molecule has 1 aromatic heterocycles. The average Bonchev–Trinajstić information content (AvgIpc) is 2.33. The minimum Gasteiger partial charge on any atom is -0.487 e. The van der Waals surface area contributed by atoms with Crippen molar-refractivity contribution in [2.45, 2.75) is 6.92 Å². The van der Waals surface area contributed by atoms with Gasteiger partial charge in [0.05, 0.1) is 13.4 Å². The lowest BCUT2D eigenvalue weighted by atomic mass is 10.2. The minimum absolute atomic E-state index is 0.0359. The Morgan fingerprint density at radius 1 is 1.39 bits per heavy atom. The quantitative estimate of drug-likeness (QED) is 0.801. The summed E-state index contributed by atoms with van der Waals surface area (Å²) in [5.74, 6) is 0.725. The van der Waals surface area contributed by atoms with Crippen LogP contribution in [-0.4, -0.2) is 17.1 Å². The lowest BCUT2D eigenvalue weighted by molar-refractivity contribution is 0.362. The van der Waals surface area contributed by atoms with Crippen LogP contribution in [0.15, 0.2) is 29.3 Å². The number of aromatic amines is 1. The van der Waals surface area contributed by atoms with Crippen molar-refractivity contribution in [1.82, 2.24) is 9.97 Å². The van der Waals surface area contributed by atoms with Crippen LogP contribution in [0.4, 0.5) is 5.69 Å². The molecule has 0 fully saturated rings. The molecule has 6 nitrogen and oxygen atoms in total. The monoisotopic (exact) mass is 247 g/mol. The highest BCUT2D eigenvalue weighted by atomic mass is 16.5. The molecule has 0 aliphatic heterocycles. The van der Waals surface area contributed by atoms with Gasteiger partial charge in [-0.3, -0.25) is 4.79 Å². The minimum atomic E-state index is -0.393. The number of anilines is 1. The first-order valence-electron chi connectivity index (χ1n) is 5.27. The molecule has 1 aromatic carbocycles. The lowest BCUT2D eigenvalue weighted by Gasteiger charge is -2.10. The van der Waals surface area contributed by atoms with Crippen LogP contribution < -0.4 is 20.8 Å². The van der Waals surface area contributed by atoms with E-state index in [9.17, 15) is 4.79 Å². The molecule has 0 radical (unpaired) electrons. The molecule has 3 N–H and O–H groups in total. The van der Waals surface area contributed by atoms with Gasteiger partial charge in [0.1, 0.15) is 5.75 Å². The van der Waals surface area contributed by atoms with Gasteiger partial charge in [0.2, 0.25) is 5.75 Å². The number of nitrogen functional groups attached to an aromatic ring is 1. The van der Waals surface area contributed by atoms with Gasteiger partial charge in [0.15, 0.2) is 0 Å². The lowest BCUT2D eigenvalue weighted by Crippen LogP contribution is -2.11. The highest BCUT2D eigenvalue weighted by Crippen LogP contribution is 2.28. The third kappa shape index (κ3) is 2.27. The predicted molar refractivity (Wildman–Crippen MR) is 67.1 cm³/mol. The molecule has 0 saturated heterocycles. The summed E-state index contributed by atoms with van der Waals surface area (Å²) >= 11 is 0. The van der Waals surface area contributed by atoms with Crippen molar-refractivity contribution < 1.29 is 9.47 Å². The second-order valence-electron chi connectivity index (χ2n) is 3.70. The number of hydrogen-bond acceptors (Lipinski definition) is 5. The Hall–Kier alpha value is -2.50. The van der Waals surface area contributed by atoms with Crippen LogP contribution in [0, 0.1) is 6.92 Å². The van der Waals surface area contributed by atoms with E-state index in [1.807, 2.05) is 6.92 Å². The van der Waals surface area contributed by atoms with Gasteiger partial charge < -0.3 is 20.2 Å². The topological polar surface area (TPSA) is 90.2 Å². The van der Waals surface area contributed by atoms with E-state index in [2.05, 4.69) is 9.97 Å². The Morgan fingerprint density at radius 3 is 2.83 bits per heavy atom. The molecule has 0 amide bonds. The fraction of sp³-hybridized carbons (Fsp3) is 0.167. The van der Waals surface area contributed by atoms with Gasteiger partial charge in [-0.2, -0.15) is 0 Å². The molecule has 2 rings (SSSR count). The molecule has 0 spiro atoms. The second kappa shape index (κ2) is 4.79. The van der Waals surface area contributed by atoms with E-state index in [4.69, 9.17) is 15.2 Å². The SMILES string of the molecule is COc1c(Oc2ccc(N)cc2C)nc[nH]c1=O. The van der Waals surface area contributed by atoms with Crippen LogP contribution in [0.3, 0.4) is 0 Å². The fourth-order valence-corrected chi connectivity index (χ4v) is 1.51. The molecular formula is C12H13N3O3. The number of aryl methyl sites for hydroxylation is 1. The molecule has 94 valence electrons. The molecule has 0 aliphatic carbocycles. The first kappa shape index (κ1) is 12.0. The summed E-state index contributed by atoms with van der Waals surface area (Å²) in [5.41, 5.74) is 6.75. The van der Waals surface area contributed by atoms with Crippen molar-refractivity contribution in [3.8, 4) is 17.4 Å². The molecule has 0 aliphatic rings. The summed E-state index contributed by atoms with van der Waals surface area (Å²) in [6.45, 7) is 1.85. The number of nitrogens with two attached hydrogens (primary N) is 1. The predicted octanol–water partition coefficient (Wildman–Crippen LogP) is 1.46. The van der Waals surface area contributed by atoms with Crippen molar-refractivity contribution >= 4 is 5.69 Å². The zero-order valence-corrected chi connectivity index (χ0v) is 10.1. The number of aromatic nitrogens is 2. The maximum Gasteiger partial charge on any atom is 0.297 e. The smallest absolute Gasteiger partial charge is 0.297 e. The highest BCUT2D eigenvalue weighted by Gasteiger charge is 2.12. The summed E-state index contributed by atoms with van der Waals surface area (Å²) in [6.07, 6.45) is 1.26. The summed E-state index contributed by atoms with van der Waals surface area (Å²) < 4.78 is 10.5. The summed E-state index contributed by atoms with van der Waals surface area (Å²) in [5, 5.41) is 0. The Balaban J connectivity index is 2.40. The molecule has 1 heterocycles. The highest BCUT2D eigenvalue weighted by molar-refractivity contribution is 5.48. The van der Waals surface area contributed by atoms with Crippen LogP contribution in [0.1, 0.15) is 5.56 Å². The van der Waals surface area contributed by atoms with Gasteiger partial charge in [0.25, 0.3) is 11.4 Å². The van der Waals surface area contributed by atoms with Crippen LogP contribution in [0.25, 0.3) is 0 Å². The van der Waals surface area contributed by atoms with E-state index in [0.717, 1.165) is 5.56 Å². The van der Waals surface area contributed by atoms with Crippen molar-refractivity contribution in [2.75, 3.05) is 12.8 Å². The molecule has 18 heavy (non-hydrogen) atoms. The maximum atomic E-state index is 11.5. The summed E-state index contributed by atoms with van der Waals surface area (Å²) in [7, 11) is 1.38. The van der Waals surface area contributed by atoms with Crippen LogP contribution >= 0.6 is 0 Å². The Morgan fingerprint density at radius 2 is 2.17 bits per heavy atom. The first-order chi connectivity index (χ1) is 8.61. The molecule has 0 unspecified atom stereocenters. The number of hydrogen-bond donors (Lipinski definition) is 2. The number of methoxy groups -OCH3 is 1. The molecule has 0 bridgehead atoms. The van der Waals surface area contributed by atoms with Crippen molar-refractivity contribution in [3.05, 3.63) is 40.4 Å².